The lowest BCUT2D eigenvalue weighted by Gasteiger charge is -1.95. The first-order valence-corrected chi connectivity index (χ1v) is 2.53. The maximum absolute atomic E-state index is 11.6. The highest BCUT2D eigenvalue weighted by Gasteiger charge is 2.24. The molecule has 5 heteroatoms. The molecule has 1 heterocycles. The van der Waals surface area contributed by atoms with Crippen molar-refractivity contribution >= 4 is 11.6 Å². The smallest absolute Gasteiger partial charge is 0.299 e. The number of ether oxygens (including phenoxy) is 2. The molecule has 0 N–H and O–H groups in total. The summed E-state index contributed by atoms with van der Waals surface area (Å²) in [4.78, 5) is 0. The molecule has 52 valence electrons. The van der Waals surface area contributed by atoms with E-state index in [1.807, 2.05) is 0 Å². The average molecular weight is 157 g/mol. The van der Waals surface area contributed by atoms with E-state index in [0.717, 1.165) is 0 Å². The molecule has 0 unspecified atom stereocenters. The van der Waals surface area contributed by atoms with Gasteiger partial charge < -0.3 is 9.47 Å². The zero-order chi connectivity index (χ0) is 6.85. The molecule has 2 nitrogen and oxygen atoms in total. The van der Waals surface area contributed by atoms with Crippen LogP contribution in [-0.2, 0) is 9.47 Å². The van der Waals surface area contributed by atoms with Gasteiger partial charge in [-0.2, -0.15) is 0 Å². The van der Waals surface area contributed by atoms with E-state index in [0.29, 0.717) is 0 Å². The van der Waals surface area contributed by atoms with Crippen LogP contribution in [0.5, 0.6) is 0 Å². The van der Waals surface area contributed by atoms with Crippen LogP contribution in [0.15, 0.2) is 11.0 Å². The van der Waals surface area contributed by atoms with Crippen molar-refractivity contribution in [3.63, 3.8) is 0 Å². The zero-order valence-corrected chi connectivity index (χ0v) is 4.99. The quantitative estimate of drug-likeness (QED) is 0.575. The second-order valence-corrected chi connectivity index (χ2v) is 1.69. The van der Waals surface area contributed by atoms with Crippen LogP contribution < -0.4 is 0 Å². The molecule has 1 aliphatic heterocycles. The van der Waals surface area contributed by atoms with Crippen LogP contribution in [0, 0.1) is 0 Å². The van der Waals surface area contributed by atoms with Crippen molar-refractivity contribution in [2.45, 2.75) is 6.43 Å². The van der Waals surface area contributed by atoms with Crippen LogP contribution in [0.25, 0.3) is 0 Å². The van der Waals surface area contributed by atoms with Gasteiger partial charge in [0.2, 0.25) is 17.8 Å². The summed E-state index contributed by atoms with van der Waals surface area (Å²) in [7, 11) is 0. The van der Waals surface area contributed by atoms with Crippen molar-refractivity contribution in [2.24, 2.45) is 0 Å². The second kappa shape index (κ2) is 2.39. The minimum Gasteiger partial charge on any atom is -0.451 e. The number of allylic oxidation sites excluding steroid dienone is 1. The summed E-state index contributed by atoms with van der Waals surface area (Å²) in [6.45, 7) is -0.210. The molecule has 0 fully saturated rings. The van der Waals surface area contributed by atoms with E-state index >= 15 is 0 Å². The van der Waals surface area contributed by atoms with Crippen LogP contribution in [0.1, 0.15) is 0 Å². The third kappa shape index (κ3) is 1.24. The van der Waals surface area contributed by atoms with Gasteiger partial charge in [0.15, 0.2) is 0 Å². The molecule has 0 aromatic heterocycles. The molecule has 1 rings (SSSR count). The summed E-state index contributed by atoms with van der Waals surface area (Å²) in [5.74, 6) is -0.573. The fourth-order valence-corrected chi connectivity index (χ4v) is 0.603. The van der Waals surface area contributed by atoms with Crippen LogP contribution in [0.3, 0.4) is 0 Å². The molecule has 0 saturated carbocycles. The predicted molar refractivity (Wildman–Crippen MR) is 25.9 cm³/mol. The molecular weight excluding hydrogens is 153 g/mol. The molecule has 1 aliphatic rings. The number of halogens is 3. The van der Waals surface area contributed by atoms with E-state index in [1.54, 1.807) is 0 Å². The summed E-state index contributed by atoms with van der Waals surface area (Å²) in [6, 6.07) is 0. The molecule has 0 spiro atoms. The number of hydrogen-bond donors (Lipinski definition) is 0. The minimum absolute atomic E-state index is 0.210. The van der Waals surface area contributed by atoms with Gasteiger partial charge in [0.25, 0.3) is 6.43 Å². The summed E-state index contributed by atoms with van der Waals surface area (Å²) in [5.41, 5.74) is 0. The average Bonchev–Trinajstić information content (AvgIpc) is 2.13. The minimum atomic E-state index is -2.68. The van der Waals surface area contributed by atoms with E-state index in [9.17, 15) is 8.78 Å². The van der Waals surface area contributed by atoms with Crippen molar-refractivity contribution in [1.82, 2.24) is 0 Å². The zero-order valence-electron chi connectivity index (χ0n) is 4.23. The van der Waals surface area contributed by atoms with Gasteiger partial charge in [-0.3, -0.25) is 0 Å². The van der Waals surface area contributed by atoms with Gasteiger partial charge in [-0.25, -0.2) is 8.78 Å². The van der Waals surface area contributed by atoms with Gasteiger partial charge in [-0.15, -0.1) is 0 Å². The Bertz CT molecular complexity index is 146. The highest BCUT2D eigenvalue weighted by Crippen LogP contribution is 2.24. The second-order valence-electron chi connectivity index (χ2n) is 1.35. The predicted octanol–water partition coefficient (Wildman–Crippen LogP) is 1.66. The van der Waals surface area contributed by atoms with Crippen LogP contribution in [-0.4, -0.2) is 13.2 Å². The van der Waals surface area contributed by atoms with E-state index < -0.39 is 12.2 Å². The van der Waals surface area contributed by atoms with Gasteiger partial charge in [-0.05, 0) is 11.6 Å². The molecule has 0 bridgehead atoms. The Balaban J connectivity index is 2.66. The molecule has 0 aromatic rings. The maximum atomic E-state index is 11.6. The van der Waals surface area contributed by atoms with Crippen molar-refractivity contribution < 1.29 is 18.3 Å². The van der Waals surface area contributed by atoms with E-state index in [4.69, 9.17) is 11.6 Å². The lowest BCUT2D eigenvalue weighted by atomic mass is 10.6. The third-order valence-corrected chi connectivity index (χ3v) is 1.09. The molecule has 0 atom stereocenters. The Labute approximate surface area is 55.0 Å². The number of hydrogen-bond acceptors (Lipinski definition) is 2. The Morgan fingerprint density at radius 2 is 2.11 bits per heavy atom. The van der Waals surface area contributed by atoms with Crippen LogP contribution in [0.2, 0.25) is 0 Å². The standard InChI is InChI=1S/C4H3ClF2O2/c5-3-2(4(6)7)8-1-9-3/h4H,1H2. The molecule has 0 amide bonds. The first-order chi connectivity index (χ1) is 4.22. The highest BCUT2D eigenvalue weighted by atomic mass is 35.5. The fraction of sp³-hybridized carbons (Fsp3) is 0.500. The molecule has 0 radical (unpaired) electrons. The van der Waals surface area contributed by atoms with Gasteiger partial charge in [0.1, 0.15) is 0 Å². The van der Waals surface area contributed by atoms with Crippen LogP contribution >= 0.6 is 11.6 Å². The first kappa shape index (κ1) is 6.61. The number of alkyl halides is 2. The summed E-state index contributed by atoms with van der Waals surface area (Å²) in [5, 5.41) is -0.343. The lowest BCUT2D eigenvalue weighted by Crippen LogP contribution is -1.97. The van der Waals surface area contributed by atoms with Gasteiger partial charge in [-0.1, -0.05) is 0 Å². The largest absolute Gasteiger partial charge is 0.451 e. The molecule has 9 heavy (non-hydrogen) atoms. The van der Waals surface area contributed by atoms with Crippen molar-refractivity contribution in [1.29, 1.82) is 0 Å². The Morgan fingerprint density at radius 3 is 2.33 bits per heavy atom. The summed E-state index contributed by atoms with van der Waals surface area (Å²) in [6.07, 6.45) is -2.68. The van der Waals surface area contributed by atoms with E-state index in [1.165, 1.54) is 0 Å². The molecule has 0 saturated heterocycles. The Morgan fingerprint density at radius 1 is 1.44 bits per heavy atom. The topological polar surface area (TPSA) is 18.5 Å². The van der Waals surface area contributed by atoms with Gasteiger partial charge in [0, 0.05) is 0 Å². The van der Waals surface area contributed by atoms with Crippen molar-refractivity contribution in [2.75, 3.05) is 6.79 Å². The lowest BCUT2D eigenvalue weighted by molar-refractivity contribution is 0.0399. The summed E-state index contributed by atoms with van der Waals surface area (Å²) < 4.78 is 32.0. The molecule has 0 aromatic carbocycles. The van der Waals surface area contributed by atoms with E-state index in [2.05, 4.69) is 9.47 Å². The van der Waals surface area contributed by atoms with Crippen LogP contribution in [0.4, 0.5) is 8.78 Å². The van der Waals surface area contributed by atoms with Gasteiger partial charge >= 0.3 is 0 Å². The Hall–Kier alpha value is -0.510. The molecule has 0 aliphatic carbocycles. The fourth-order valence-electron chi connectivity index (χ4n) is 0.421. The molecular formula is C4H3ClF2O2. The maximum Gasteiger partial charge on any atom is 0.299 e. The highest BCUT2D eigenvalue weighted by molar-refractivity contribution is 6.28. The van der Waals surface area contributed by atoms with E-state index in [-0.39, 0.29) is 12.0 Å². The third-order valence-electron chi connectivity index (χ3n) is 0.792. The number of rotatable bonds is 1. The first-order valence-electron chi connectivity index (χ1n) is 2.15. The Kier molecular flexibility index (Phi) is 1.75. The summed E-state index contributed by atoms with van der Waals surface area (Å²) >= 11 is 5.13. The normalized spacial score (nSPS) is 18.2. The van der Waals surface area contributed by atoms with Crippen molar-refractivity contribution in [3.05, 3.63) is 11.0 Å². The SMILES string of the molecule is FC(F)C1=C(Cl)OCO1. The van der Waals surface area contributed by atoms with Crippen molar-refractivity contribution in [3.8, 4) is 0 Å². The van der Waals surface area contributed by atoms with Gasteiger partial charge in [0.05, 0.1) is 0 Å². The monoisotopic (exact) mass is 156 g/mol.